The molecule has 0 fully saturated rings. The fourth-order valence-electron chi connectivity index (χ4n) is 1.55. The van der Waals surface area contributed by atoms with Crippen molar-refractivity contribution in [3.05, 3.63) is 32.2 Å². The van der Waals surface area contributed by atoms with Gasteiger partial charge in [0, 0.05) is 16.2 Å². The summed E-state index contributed by atoms with van der Waals surface area (Å²) in [5.74, 6) is -1.72. The fourth-order valence-corrected chi connectivity index (χ4v) is 1.87. The molecule has 0 aliphatic heterocycles. The van der Waals surface area contributed by atoms with Gasteiger partial charge in [-0.2, -0.15) is 0 Å². The summed E-state index contributed by atoms with van der Waals surface area (Å²) in [5, 5.41) is 8.81. The van der Waals surface area contributed by atoms with Gasteiger partial charge in [0.05, 0.1) is 0 Å². The lowest BCUT2D eigenvalue weighted by atomic mass is 10.2. The number of H-pyrrole nitrogens is 1. The number of rotatable bonds is 4. The molecule has 19 heavy (non-hydrogen) atoms. The van der Waals surface area contributed by atoms with Crippen molar-refractivity contribution in [1.82, 2.24) is 9.88 Å². The first kappa shape index (κ1) is 15.4. The van der Waals surface area contributed by atoms with E-state index in [1.165, 1.54) is 6.07 Å². The summed E-state index contributed by atoms with van der Waals surface area (Å²) < 4.78 is 0.592. The summed E-state index contributed by atoms with van der Waals surface area (Å²) in [6.07, 6.45) is 0. The molecule has 0 atom stereocenters. The molecule has 0 saturated carbocycles. The van der Waals surface area contributed by atoms with Gasteiger partial charge >= 0.3 is 5.97 Å². The lowest BCUT2D eigenvalue weighted by molar-refractivity contribution is -0.138. The fraction of sp³-hybridized carbons (Fsp3) is 0.417. The number of nitrogens with zero attached hydrogens (tertiary/aromatic N) is 1. The summed E-state index contributed by atoms with van der Waals surface area (Å²) >= 11 is 3.23. The average molecular weight is 331 g/mol. The molecule has 2 N–H and O–H groups in total. The number of carboxylic acids is 1. The van der Waals surface area contributed by atoms with Gasteiger partial charge in [0.2, 0.25) is 0 Å². The number of carbonyl (C=O) groups is 2. The summed E-state index contributed by atoms with van der Waals surface area (Å²) in [5.41, 5.74) is 0.00467. The van der Waals surface area contributed by atoms with Crippen molar-refractivity contribution in [3.8, 4) is 0 Å². The molecule has 1 heterocycles. The van der Waals surface area contributed by atoms with E-state index in [-0.39, 0.29) is 11.6 Å². The van der Waals surface area contributed by atoms with Crippen LogP contribution in [0.2, 0.25) is 0 Å². The van der Waals surface area contributed by atoms with E-state index in [1.807, 2.05) is 0 Å². The monoisotopic (exact) mass is 330 g/mol. The van der Waals surface area contributed by atoms with Gasteiger partial charge in [0.25, 0.3) is 11.5 Å². The zero-order valence-corrected chi connectivity index (χ0v) is 12.4. The number of aliphatic carboxylic acids is 1. The number of pyridine rings is 1. The predicted molar refractivity (Wildman–Crippen MR) is 73.3 cm³/mol. The Labute approximate surface area is 118 Å². The van der Waals surface area contributed by atoms with Crippen LogP contribution in [0.4, 0.5) is 0 Å². The minimum absolute atomic E-state index is 0.0765. The van der Waals surface area contributed by atoms with Gasteiger partial charge in [-0.1, -0.05) is 0 Å². The molecule has 0 aromatic carbocycles. The van der Waals surface area contributed by atoms with Gasteiger partial charge in [-0.3, -0.25) is 14.4 Å². The lowest BCUT2D eigenvalue weighted by Crippen LogP contribution is -2.42. The number of aromatic amines is 1. The molecule has 6 nitrogen and oxygen atoms in total. The van der Waals surface area contributed by atoms with Crippen molar-refractivity contribution in [2.75, 3.05) is 6.54 Å². The zero-order chi connectivity index (χ0) is 14.7. The molecule has 1 aromatic heterocycles. The smallest absolute Gasteiger partial charge is 0.323 e. The van der Waals surface area contributed by atoms with Gasteiger partial charge in [0.1, 0.15) is 12.1 Å². The summed E-state index contributed by atoms with van der Waals surface area (Å²) in [7, 11) is 0. The number of amides is 1. The van der Waals surface area contributed by atoms with Gasteiger partial charge in [0.15, 0.2) is 0 Å². The molecule has 1 aromatic rings. The first-order chi connectivity index (χ1) is 8.73. The van der Waals surface area contributed by atoms with Crippen LogP contribution in [-0.2, 0) is 4.79 Å². The highest BCUT2D eigenvalue weighted by Crippen LogP contribution is 2.14. The molecule has 1 rings (SSSR count). The molecular formula is C12H15BrN2O4. The second-order valence-electron chi connectivity index (χ2n) is 4.41. The Balaban J connectivity index is 3.20. The van der Waals surface area contributed by atoms with Crippen molar-refractivity contribution in [1.29, 1.82) is 0 Å². The van der Waals surface area contributed by atoms with Crippen molar-refractivity contribution < 1.29 is 14.7 Å². The van der Waals surface area contributed by atoms with Gasteiger partial charge in [-0.25, -0.2) is 0 Å². The minimum atomic E-state index is -1.12. The Morgan fingerprint density at radius 2 is 2.05 bits per heavy atom. The topological polar surface area (TPSA) is 90.5 Å². The maximum absolute atomic E-state index is 12.2. The number of carboxylic acid groups (broad SMARTS) is 1. The normalized spacial score (nSPS) is 10.6. The molecule has 0 saturated heterocycles. The molecule has 1 amide bonds. The van der Waals surface area contributed by atoms with E-state index in [1.54, 1.807) is 20.8 Å². The Morgan fingerprint density at radius 3 is 2.53 bits per heavy atom. The maximum atomic E-state index is 12.2. The van der Waals surface area contributed by atoms with Gasteiger partial charge in [-0.15, -0.1) is 0 Å². The molecule has 104 valence electrons. The van der Waals surface area contributed by atoms with E-state index < -0.39 is 24.0 Å². The van der Waals surface area contributed by atoms with E-state index >= 15 is 0 Å². The first-order valence-corrected chi connectivity index (χ1v) is 6.45. The third kappa shape index (κ3) is 3.66. The van der Waals surface area contributed by atoms with Crippen LogP contribution in [0.3, 0.4) is 0 Å². The Kier molecular flexibility index (Phi) is 4.88. The molecule has 0 unspecified atom stereocenters. The standard InChI is InChI=1S/C12H15BrN2O4/c1-6(2)15(5-10(16)17)12(19)8-4-9(13)7(3)14-11(8)18/h4,6H,5H2,1-3H3,(H,14,18)(H,16,17). The average Bonchev–Trinajstić information content (AvgIpc) is 2.29. The van der Waals surface area contributed by atoms with Crippen molar-refractivity contribution in [2.24, 2.45) is 0 Å². The summed E-state index contributed by atoms with van der Waals surface area (Å²) in [6, 6.07) is 1.09. The van der Waals surface area contributed by atoms with Gasteiger partial charge in [-0.05, 0) is 42.8 Å². The largest absolute Gasteiger partial charge is 0.480 e. The Hall–Kier alpha value is -1.63. The lowest BCUT2D eigenvalue weighted by Gasteiger charge is -2.24. The second-order valence-corrected chi connectivity index (χ2v) is 5.26. The molecular weight excluding hydrogens is 316 g/mol. The first-order valence-electron chi connectivity index (χ1n) is 5.66. The number of aryl methyl sites for hydroxylation is 1. The highest BCUT2D eigenvalue weighted by molar-refractivity contribution is 9.10. The van der Waals surface area contributed by atoms with Gasteiger partial charge < -0.3 is 15.0 Å². The van der Waals surface area contributed by atoms with Crippen molar-refractivity contribution in [2.45, 2.75) is 26.8 Å². The Morgan fingerprint density at radius 1 is 1.47 bits per heavy atom. The van der Waals surface area contributed by atoms with E-state index in [9.17, 15) is 14.4 Å². The third-order valence-electron chi connectivity index (χ3n) is 2.60. The van der Waals surface area contributed by atoms with Crippen LogP contribution in [0.5, 0.6) is 0 Å². The number of aromatic nitrogens is 1. The summed E-state index contributed by atoms with van der Waals surface area (Å²) in [4.78, 5) is 38.4. The maximum Gasteiger partial charge on any atom is 0.323 e. The van der Waals surface area contributed by atoms with E-state index in [0.29, 0.717) is 10.2 Å². The molecule has 0 radical (unpaired) electrons. The SMILES string of the molecule is Cc1[nH]c(=O)c(C(=O)N(CC(=O)O)C(C)C)cc1Br. The molecule has 7 heteroatoms. The predicted octanol–water partition coefficient (Wildman–Crippen LogP) is 1.38. The highest BCUT2D eigenvalue weighted by Gasteiger charge is 2.24. The van der Waals surface area contributed by atoms with E-state index in [0.717, 1.165) is 4.90 Å². The molecule has 0 bridgehead atoms. The highest BCUT2D eigenvalue weighted by atomic mass is 79.9. The zero-order valence-electron chi connectivity index (χ0n) is 10.9. The van der Waals surface area contributed by atoms with Crippen LogP contribution < -0.4 is 5.56 Å². The van der Waals surface area contributed by atoms with Crippen LogP contribution in [0.25, 0.3) is 0 Å². The Bertz CT molecular complexity index is 565. The number of hydrogen-bond acceptors (Lipinski definition) is 3. The van der Waals surface area contributed by atoms with E-state index in [4.69, 9.17) is 5.11 Å². The van der Waals surface area contributed by atoms with Crippen LogP contribution in [0, 0.1) is 6.92 Å². The number of halogens is 1. The number of hydrogen-bond donors (Lipinski definition) is 2. The second kappa shape index (κ2) is 6.01. The molecule has 0 aliphatic carbocycles. The van der Waals surface area contributed by atoms with Crippen molar-refractivity contribution in [3.63, 3.8) is 0 Å². The quantitative estimate of drug-likeness (QED) is 0.872. The number of carbonyl (C=O) groups excluding carboxylic acids is 1. The number of nitrogens with one attached hydrogen (secondary N) is 1. The summed E-state index contributed by atoms with van der Waals surface area (Å²) in [6.45, 7) is 4.63. The minimum Gasteiger partial charge on any atom is -0.480 e. The van der Waals surface area contributed by atoms with E-state index in [2.05, 4.69) is 20.9 Å². The third-order valence-corrected chi connectivity index (χ3v) is 3.42. The molecule has 0 aliphatic rings. The molecule has 0 spiro atoms. The van der Waals surface area contributed by atoms with Crippen LogP contribution in [0.1, 0.15) is 29.9 Å². The van der Waals surface area contributed by atoms with Crippen LogP contribution in [0.15, 0.2) is 15.3 Å². The van der Waals surface area contributed by atoms with Crippen LogP contribution in [-0.4, -0.2) is 39.5 Å². The van der Waals surface area contributed by atoms with Crippen molar-refractivity contribution >= 4 is 27.8 Å². The van der Waals surface area contributed by atoms with Crippen LogP contribution >= 0.6 is 15.9 Å².